The number of carbonyl (C=O) groups excluding carboxylic acids is 1. The smallest absolute Gasteiger partial charge is 0.406 e. The summed E-state index contributed by atoms with van der Waals surface area (Å²) in [4.78, 5) is 25.3. The van der Waals surface area contributed by atoms with E-state index in [1.807, 2.05) is 60.7 Å². The summed E-state index contributed by atoms with van der Waals surface area (Å²) in [6.07, 6.45) is -3.78. The van der Waals surface area contributed by atoms with Crippen LogP contribution in [0.5, 0.6) is 5.75 Å². The molecule has 0 bridgehead atoms. The average molecular weight is 429 g/mol. The van der Waals surface area contributed by atoms with Crippen LogP contribution in [-0.2, 0) is 0 Å². The highest BCUT2D eigenvalue weighted by Gasteiger charge is 2.43. The van der Waals surface area contributed by atoms with E-state index in [2.05, 4.69) is 5.10 Å². The van der Waals surface area contributed by atoms with E-state index in [1.165, 1.54) is 4.68 Å². The molecule has 0 unspecified atom stereocenters. The first-order valence-corrected chi connectivity index (χ1v) is 9.53. The lowest BCUT2D eigenvalue weighted by atomic mass is 9.83. The van der Waals surface area contributed by atoms with Crippen molar-refractivity contribution < 1.29 is 23.1 Å². The molecule has 31 heavy (non-hydrogen) atoms. The van der Waals surface area contributed by atoms with Crippen molar-refractivity contribution in [1.29, 1.82) is 0 Å². The highest BCUT2D eigenvalue weighted by atomic mass is 19.4. The fraction of sp³-hybridized carbons (Fsp3) is 0.227. The minimum atomic E-state index is -4.64. The Morgan fingerprint density at radius 1 is 1.00 bits per heavy atom. The van der Waals surface area contributed by atoms with Crippen molar-refractivity contribution in [3.8, 4) is 5.75 Å². The molecule has 160 valence electrons. The first-order valence-electron chi connectivity index (χ1n) is 9.53. The van der Waals surface area contributed by atoms with Gasteiger partial charge in [-0.2, -0.15) is 18.3 Å². The Balaban J connectivity index is 1.92. The summed E-state index contributed by atoms with van der Waals surface area (Å²) >= 11 is 0. The summed E-state index contributed by atoms with van der Waals surface area (Å²) in [5.74, 6) is -2.48. The number of hydrogen-bond acceptors (Lipinski definition) is 4. The molecule has 1 N–H and O–H groups in total. The molecule has 0 saturated heterocycles. The van der Waals surface area contributed by atoms with E-state index in [0.717, 1.165) is 17.3 Å². The third-order valence-electron chi connectivity index (χ3n) is 5.27. The van der Waals surface area contributed by atoms with E-state index in [9.17, 15) is 27.9 Å². The standard InChI is InChI=1S/C22H18F3N3O3/c23-22(24,25)13-27-12-16(28-19(21(27)31)20(30)17(29)11-26-28)18(14-7-3-1-4-8-14)15-9-5-2-6-10-15/h1-11,16,18,30H,12-13H2/t16-/m1/s1. The summed E-state index contributed by atoms with van der Waals surface area (Å²) < 4.78 is 40.8. The summed E-state index contributed by atoms with van der Waals surface area (Å²) in [6.45, 7) is -1.80. The van der Waals surface area contributed by atoms with Crippen LogP contribution < -0.4 is 5.43 Å². The van der Waals surface area contributed by atoms with Crippen LogP contribution in [0.1, 0.15) is 33.6 Å². The van der Waals surface area contributed by atoms with Crippen LogP contribution in [0, 0.1) is 0 Å². The maximum Gasteiger partial charge on any atom is 0.406 e. The van der Waals surface area contributed by atoms with Crippen molar-refractivity contribution in [2.45, 2.75) is 18.1 Å². The molecule has 1 atom stereocenters. The quantitative estimate of drug-likeness (QED) is 0.690. The first kappa shape index (κ1) is 20.6. The van der Waals surface area contributed by atoms with Crippen LogP contribution in [0.4, 0.5) is 13.2 Å². The Bertz CT molecular complexity index is 1110. The van der Waals surface area contributed by atoms with Gasteiger partial charge in [-0.15, -0.1) is 0 Å². The Morgan fingerprint density at radius 2 is 1.55 bits per heavy atom. The molecule has 0 aliphatic carbocycles. The second-order valence-electron chi connectivity index (χ2n) is 7.32. The predicted octanol–water partition coefficient (Wildman–Crippen LogP) is 3.34. The van der Waals surface area contributed by atoms with E-state index in [-0.39, 0.29) is 6.54 Å². The summed E-state index contributed by atoms with van der Waals surface area (Å²) in [5.41, 5.74) is 0.130. The summed E-state index contributed by atoms with van der Waals surface area (Å²) in [5, 5.41) is 14.3. The van der Waals surface area contributed by atoms with Gasteiger partial charge in [0.25, 0.3) is 5.91 Å². The number of hydrogen-bond donors (Lipinski definition) is 1. The van der Waals surface area contributed by atoms with Crippen molar-refractivity contribution in [2.75, 3.05) is 13.1 Å². The van der Waals surface area contributed by atoms with E-state index >= 15 is 0 Å². The monoisotopic (exact) mass is 429 g/mol. The number of rotatable bonds is 4. The zero-order chi connectivity index (χ0) is 22.2. The number of nitrogens with zero attached hydrogens (tertiary/aromatic N) is 3. The number of carbonyl (C=O) groups is 1. The highest BCUT2D eigenvalue weighted by Crippen LogP contribution is 2.39. The number of fused-ring (bicyclic) bond motifs is 1. The molecule has 1 aromatic heterocycles. The minimum Gasteiger partial charge on any atom is -0.502 e. The van der Waals surface area contributed by atoms with Gasteiger partial charge in [-0.25, -0.2) is 0 Å². The number of aromatic nitrogens is 2. The topological polar surface area (TPSA) is 75.4 Å². The molecule has 0 spiro atoms. The van der Waals surface area contributed by atoms with Crippen molar-refractivity contribution in [3.63, 3.8) is 0 Å². The zero-order valence-electron chi connectivity index (χ0n) is 16.2. The molecule has 1 aliphatic rings. The van der Waals surface area contributed by atoms with Gasteiger partial charge in [-0.3, -0.25) is 14.3 Å². The van der Waals surface area contributed by atoms with Crippen molar-refractivity contribution in [3.05, 3.63) is 93.9 Å². The van der Waals surface area contributed by atoms with Crippen molar-refractivity contribution >= 4 is 5.91 Å². The van der Waals surface area contributed by atoms with E-state index in [4.69, 9.17) is 0 Å². The van der Waals surface area contributed by atoms with Crippen LogP contribution in [0.25, 0.3) is 0 Å². The Labute approximate surface area is 175 Å². The van der Waals surface area contributed by atoms with Gasteiger partial charge in [0, 0.05) is 12.5 Å². The number of benzene rings is 2. The third-order valence-corrected chi connectivity index (χ3v) is 5.27. The minimum absolute atomic E-state index is 0.297. The number of alkyl halides is 3. The van der Waals surface area contributed by atoms with Gasteiger partial charge < -0.3 is 10.0 Å². The Morgan fingerprint density at radius 3 is 2.06 bits per heavy atom. The van der Waals surface area contributed by atoms with Crippen molar-refractivity contribution in [2.24, 2.45) is 0 Å². The second kappa shape index (κ2) is 7.90. The van der Waals surface area contributed by atoms with Gasteiger partial charge in [0.2, 0.25) is 5.43 Å². The number of amides is 1. The maximum absolute atomic E-state index is 13.2. The van der Waals surface area contributed by atoms with E-state index in [1.54, 1.807) is 0 Å². The molecular weight excluding hydrogens is 411 g/mol. The highest BCUT2D eigenvalue weighted by molar-refractivity contribution is 5.95. The number of aromatic hydroxyl groups is 1. The predicted molar refractivity (Wildman–Crippen MR) is 106 cm³/mol. The fourth-order valence-corrected chi connectivity index (χ4v) is 4.00. The van der Waals surface area contributed by atoms with Gasteiger partial charge in [0.05, 0.1) is 12.2 Å². The Kier molecular flexibility index (Phi) is 5.26. The lowest BCUT2D eigenvalue weighted by molar-refractivity contribution is -0.142. The molecule has 2 aromatic carbocycles. The average Bonchev–Trinajstić information content (AvgIpc) is 2.74. The van der Waals surface area contributed by atoms with Gasteiger partial charge >= 0.3 is 6.18 Å². The largest absolute Gasteiger partial charge is 0.502 e. The summed E-state index contributed by atoms with van der Waals surface area (Å²) in [7, 11) is 0. The molecule has 6 nitrogen and oxygen atoms in total. The maximum atomic E-state index is 13.2. The summed E-state index contributed by atoms with van der Waals surface area (Å²) in [6, 6.07) is 17.4. The number of halogens is 3. The molecule has 9 heteroatoms. The molecule has 0 fully saturated rings. The fourth-order valence-electron chi connectivity index (χ4n) is 4.00. The van der Waals surface area contributed by atoms with Crippen molar-refractivity contribution in [1.82, 2.24) is 14.7 Å². The van der Waals surface area contributed by atoms with Gasteiger partial charge in [0.15, 0.2) is 11.4 Å². The molecule has 1 aliphatic heterocycles. The van der Waals surface area contributed by atoms with E-state index < -0.39 is 47.5 Å². The van der Waals surface area contributed by atoms with Gasteiger partial charge in [-0.1, -0.05) is 60.7 Å². The van der Waals surface area contributed by atoms with Crippen LogP contribution in [0.2, 0.25) is 0 Å². The second-order valence-corrected chi connectivity index (χ2v) is 7.32. The SMILES string of the molecule is O=C1c2c(O)c(=O)cnn2[C@@H](C(c2ccccc2)c2ccccc2)CN1CC(F)(F)F. The molecule has 3 aromatic rings. The van der Waals surface area contributed by atoms with Crippen LogP contribution >= 0.6 is 0 Å². The molecule has 0 radical (unpaired) electrons. The molecular formula is C22H18F3N3O3. The normalized spacial score (nSPS) is 16.5. The molecule has 1 amide bonds. The van der Waals surface area contributed by atoms with Crippen LogP contribution in [0.15, 0.2) is 71.7 Å². The molecule has 0 saturated carbocycles. The lowest BCUT2D eigenvalue weighted by Gasteiger charge is -2.39. The molecule has 4 rings (SSSR count). The third kappa shape index (κ3) is 4.03. The Hall–Kier alpha value is -3.62. The van der Waals surface area contributed by atoms with Gasteiger partial charge in [0.1, 0.15) is 6.54 Å². The van der Waals surface area contributed by atoms with Crippen LogP contribution in [0.3, 0.4) is 0 Å². The lowest BCUT2D eigenvalue weighted by Crippen LogP contribution is -2.50. The zero-order valence-corrected chi connectivity index (χ0v) is 16.2. The molecule has 2 heterocycles. The van der Waals surface area contributed by atoms with Crippen LogP contribution in [-0.4, -0.2) is 45.0 Å². The van der Waals surface area contributed by atoms with E-state index in [0.29, 0.717) is 4.90 Å². The first-order chi connectivity index (χ1) is 14.8. The van der Waals surface area contributed by atoms with Gasteiger partial charge in [-0.05, 0) is 11.1 Å².